The Morgan fingerprint density at radius 3 is 2.94 bits per heavy atom. The second kappa shape index (κ2) is 6.18. The van der Waals surface area contributed by atoms with Crippen molar-refractivity contribution in [2.24, 2.45) is 0 Å². The number of ether oxygens (including phenoxy) is 1. The summed E-state index contributed by atoms with van der Waals surface area (Å²) in [5, 5.41) is 6.29. The highest BCUT2D eigenvalue weighted by Crippen LogP contribution is 2.04. The third kappa shape index (κ3) is 3.73. The number of rotatable bonds is 3. The van der Waals surface area contributed by atoms with Gasteiger partial charge in [0, 0.05) is 38.6 Å². The van der Waals surface area contributed by atoms with Crippen LogP contribution in [0.2, 0.25) is 0 Å². The molecule has 2 heterocycles. The van der Waals surface area contributed by atoms with E-state index in [9.17, 15) is 4.79 Å². The summed E-state index contributed by atoms with van der Waals surface area (Å²) >= 11 is 0. The van der Waals surface area contributed by atoms with E-state index in [1.807, 2.05) is 0 Å². The van der Waals surface area contributed by atoms with E-state index in [4.69, 9.17) is 4.74 Å². The van der Waals surface area contributed by atoms with Gasteiger partial charge in [0.25, 0.3) is 0 Å². The summed E-state index contributed by atoms with van der Waals surface area (Å²) in [6, 6.07) is 0.338. The number of carbonyl (C=O) groups is 1. The Hall–Kier alpha value is -0.650. The van der Waals surface area contributed by atoms with E-state index < -0.39 is 0 Å². The monoisotopic (exact) mass is 227 g/mol. The topological polar surface area (TPSA) is 53.6 Å². The molecule has 0 radical (unpaired) electrons. The predicted molar refractivity (Wildman–Crippen MR) is 61.3 cm³/mol. The molecular formula is C11H21N3O2. The molecule has 2 aliphatic rings. The lowest BCUT2D eigenvalue weighted by atomic mass is 10.1. The minimum absolute atomic E-state index is 0.178. The van der Waals surface area contributed by atoms with Gasteiger partial charge in [-0.15, -0.1) is 0 Å². The molecule has 0 aliphatic carbocycles. The zero-order valence-corrected chi connectivity index (χ0v) is 9.71. The lowest BCUT2D eigenvalue weighted by molar-refractivity contribution is -0.121. The van der Waals surface area contributed by atoms with Crippen molar-refractivity contribution >= 4 is 5.91 Å². The Morgan fingerprint density at radius 1 is 1.31 bits per heavy atom. The van der Waals surface area contributed by atoms with Crippen molar-refractivity contribution in [3.63, 3.8) is 0 Å². The first-order valence-electron chi connectivity index (χ1n) is 6.15. The van der Waals surface area contributed by atoms with Crippen molar-refractivity contribution in [2.75, 3.05) is 45.9 Å². The first-order chi connectivity index (χ1) is 7.84. The van der Waals surface area contributed by atoms with Gasteiger partial charge in [0.05, 0.1) is 13.2 Å². The highest BCUT2D eigenvalue weighted by molar-refractivity contribution is 5.76. The smallest absolute Gasteiger partial charge is 0.221 e. The minimum Gasteiger partial charge on any atom is -0.379 e. The standard InChI is InChI=1S/C11H21N3O2/c15-11-9-10(12-2-3-13-11)1-4-14-5-7-16-8-6-14/h10,12H,1-9H2,(H,13,15). The summed E-state index contributed by atoms with van der Waals surface area (Å²) in [4.78, 5) is 13.8. The van der Waals surface area contributed by atoms with Crippen LogP contribution < -0.4 is 10.6 Å². The van der Waals surface area contributed by atoms with Crippen LogP contribution in [-0.4, -0.2) is 62.8 Å². The van der Waals surface area contributed by atoms with Gasteiger partial charge in [0.1, 0.15) is 0 Å². The van der Waals surface area contributed by atoms with E-state index in [-0.39, 0.29) is 5.91 Å². The molecule has 5 nitrogen and oxygen atoms in total. The largest absolute Gasteiger partial charge is 0.379 e. The van der Waals surface area contributed by atoms with Crippen LogP contribution in [0.4, 0.5) is 0 Å². The molecule has 2 saturated heterocycles. The zero-order valence-electron chi connectivity index (χ0n) is 9.71. The fraction of sp³-hybridized carbons (Fsp3) is 0.909. The predicted octanol–water partition coefficient (Wildman–Crippen LogP) is -0.813. The molecule has 0 aromatic heterocycles. The molecule has 0 aromatic rings. The molecule has 0 aromatic carbocycles. The lowest BCUT2D eigenvalue weighted by Crippen LogP contribution is -2.40. The Labute approximate surface area is 96.5 Å². The molecule has 1 amide bonds. The average Bonchev–Trinajstić information content (AvgIpc) is 2.52. The molecule has 16 heavy (non-hydrogen) atoms. The molecule has 0 saturated carbocycles. The maximum atomic E-state index is 11.4. The highest BCUT2D eigenvalue weighted by Gasteiger charge is 2.18. The van der Waals surface area contributed by atoms with E-state index in [1.54, 1.807) is 0 Å². The molecule has 1 unspecified atom stereocenters. The van der Waals surface area contributed by atoms with Gasteiger partial charge in [-0.05, 0) is 13.0 Å². The highest BCUT2D eigenvalue weighted by atomic mass is 16.5. The van der Waals surface area contributed by atoms with Crippen molar-refractivity contribution < 1.29 is 9.53 Å². The van der Waals surface area contributed by atoms with Gasteiger partial charge < -0.3 is 15.4 Å². The zero-order chi connectivity index (χ0) is 11.2. The Morgan fingerprint density at radius 2 is 2.12 bits per heavy atom. The second-order valence-electron chi connectivity index (χ2n) is 4.45. The molecule has 0 spiro atoms. The normalized spacial score (nSPS) is 28.5. The van der Waals surface area contributed by atoms with Crippen molar-refractivity contribution in [1.82, 2.24) is 15.5 Å². The minimum atomic E-state index is 0.178. The van der Waals surface area contributed by atoms with Crippen molar-refractivity contribution in [3.05, 3.63) is 0 Å². The maximum absolute atomic E-state index is 11.4. The van der Waals surface area contributed by atoms with Gasteiger partial charge in [-0.25, -0.2) is 0 Å². The Balaban J connectivity index is 1.69. The first kappa shape index (κ1) is 11.8. The van der Waals surface area contributed by atoms with Crippen LogP contribution in [0.3, 0.4) is 0 Å². The molecule has 2 rings (SSSR count). The number of nitrogens with one attached hydrogen (secondary N) is 2. The van der Waals surface area contributed by atoms with Gasteiger partial charge >= 0.3 is 0 Å². The van der Waals surface area contributed by atoms with E-state index >= 15 is 0 Å². The molecular weight excluding hydrogens is 206 g/mol. The molecule has 5 heteroatoms. The molecule has 2 aliphatic heterocycles. The average molecular weight is 227 g/mol. The van der Waals surface area contributed by atoms with Crippen LogP contribution >= 0.6 is 0 Å². The van der Waals surface area contributed by atoms with Gasteiger partial charge in [0.15, 0.2) is 0 Å². The summed E-state index contributed by atoms with van der Waals surface area (Å²) in [7, 11) is 0. The Kier molecular flexibility index (Phi) is 4.56. The van der Waals surface area contributed by atoms with Crippen LogP contribution in [0, 0.1) is 0 Å². The molecule has 1 atom stereocenters. The van der Waals surface area contributed by atoms with Crippen LogP contribution in [0.25, 0.3) is 0 Å². The number of carbonyl (C=O) groups excluding carboxylic acids is 1. The fourth-order valence-corrected chi connectivity index (χ4v) is 2.21. The molecule has 92 valence electrons. The van der Waals surface area contributed by atoms with E-state index in [0.717, 1.165) is 52.4 Å². The van der Waals surface area contributed by atoms with Gasteiger partial charge in [-0.2, -0.15) is 0 Å². The third-order valence-corrected chi connectivity index (χ3v) is 3.21. The summed E-state index contributed by atoms with van der Waals surface area (Å²) in [6.07, 6.45) is 1.66. The number of morpholine rings is 1. The van der Waals surface area contributed by atoms with E-state index in [2.05, 4.69) is 15.5 Å². The molecule has 2 fully saturated rings. The second-order valence-corrected chi connectivity index (χ2v) is 4.45. The first-order valence-corrected chi connectivity index (χ1v) is 6.15. The van der Waals surface area contributed by atoms with Crippen LogP contribution in [0.1, 0.15) is 12.8 Å². The van der Waals surface area contributed by atoms with Crippen molar-refractivity contribution in [1.29, 1.82) is 0 Å². The van der Waals surface area contributed by atoms with E-state index in [0.29, 0.717) is 12.5 Å². The number of hydrogen-bond donors (Lipinski definition) is 2. The maximum Gasteiger partial charge on any atom is 0.221 e. The van der Waals surface area contributed by atoms with Crippen LogP contribution in [0.5, 0.6) is 0 Å². The van der Waals surface area contributed by atoms with Crippen molar-refractivity contribution in [2.45, 2.75) is 18.9 Å². The summed E-state index contributed by atoms with van der Waals surface area (Å²) in [5.74, 6) is 0.178. The summed E-state index contributed by atoms with van der Waals surface area (Å²) in [5.41, 5.74) is 0. The third-order valence-electron chi connectivity index (χ3n) is 3.21. The van der Waals surface area contributed by atoms with Crippen LogP contribution in [-0.2, 0) is 9.53 Å². The van der Waals surface area contributed by atoms with Crippen molar-refractivity contribution in [3.8, 4) is 0 Å². The van der Waals surface area contributed by atoms with Crippen LogP contribution in [0.15, 0.2) is 0 Å². The number of hydrogen-bond acceptors (Lipinski definition) is 4. The van der Waals surface area contributed by atoms with Gasteiger partial charge in [-0.1, -0.05) is 0 Å². The number of amides is 1. The molecule has 0 bridgehead atoms. The fourth-order valence-electron chi connectivity index (χ4n) is 2.21. The van der Waals surface area contributed by atoms with E-state index in [1.165, 1.54) is 0 Å². The summed E-state index contributed by atoms with van der Waals surface area (Å²) < 4.78 is 5.31. The molecule has 2 N–H and O–H groups in total. The number of nitrogens with zero attached hydrogens (tertiary/aromatic N) is 1. The Bertz CT molecular complexity index is 229. The quantitative estimate of drug-likeness (QED) is 0.662. The van der Waals surface area contributed by atoms with Gasteiger partial charge in [-0.3, -0.25) is 9.69 Å². The van der Waals surface area contributed by atoms with Gasteiger partial charge in [0.2, 0.25) is 5.91 Å². The summed E-state index contributed by atoms with van der Waals surface area (Å²) in [6.45, 7) is 6.45. The SMILES string of the molecule is O=C1CC(CCN2CCOCC2)NCCN1. The lowest BCUT2D eigenvalue weighted by Gasteiger charge is -2.28.